The monoisotopic (exact) mass is 326 g/mol. The van der Waals surface area contributed by atoms with Crippen molar-refractivity contribution in [2.24, 2.45) is 0 Å². The Morgan fingerprint density at radius 2 is 2.00 bits per heavy atom. The zero-order chi connectivity index (χ0) is 16.2. The minimum absolute atomic E-state index is 0.745. The summed E-state index contributed by atoms with van der Waals surface area (Å²) in [5.74, 6) is 1.50. The van der Waals surface area contributed by atoms with Gasteiger partial charge in [-0.3, -0.25) is 0 Å². The Hall–Kier alpha value is -2.32. The van der Waals surface area contributed by atoms with Gasteiger partial charge >= 0.3 is 0 Å². The summed E-state index contributed by atoms with van der Waals surface area (Å²) in [6, 6.07) is 7.98. The topological polar surface area (TPSA) is 55.1 Å². The van der Waals surface area contributed by atoms with Gasteiger partial charge in [-0.1, -0.05) is 0 Å². The minimum atomic E-state index is 0.745. The summed E-state index contributed by atoms with van der Waals surface area (Å²) in [5.41, 5.74) is 3.68. The fourth-order valence-corrected chi connectivity index (χ4v) is 3.72. The fourth-order valence-electron chi connectivity index (χ4n) is 2.86. The van der Waals surface area contributed by atoms with Crippen LogP contribution in [0.4, 0.5) is 0 Å². The molecule has 3 rings (SSSR count). The lowest BCUT2D eigenvalue weighted by Crippen LogP contribution is -1.91. The summed E-state index contributed by atoms with van der Waals surface area (Å²) in [6.45, 7) is 0. The average molecular weight is 326 g/mol. The maximum absolute atomic E-state index is 9.52. The van der Waals surface area contributed by atoms with E-state index in [1.54, 1.807) is 14.2 Å². The quantitative estimate of drug-likeness (QED) is 0.766. The predicted octanol–water partition coefficient (Wildman–Crippen LogP) is 4.68. The molecule has 1 aromatic carbocycles. The summed E-state index contributed by atoms with van der Waals surface area (Å²) < 4.78 is 10.7. The van der Waals surface area contributed by atoms with Gasteiger partial charge in [-0.25, -0.2) is 4.98 Å². The van der Waals surface area contributed by atoms with Gasteiger partial charge in [-0.05, 0) is 49.5 Å². The van der Waals surface area contributed by atoms with E-state index in [1.165, 1.54) is 29.8 Å². The van der Waals surface area contributed by atoms with Crippen molar-refractivity contribution in [3.05, 3.63) is 34.2 Å². The van der Waals surface area contributed by atoms with Crippen molar-refractivity contribution in [1.29, 1.82) is 5.26 Å². The molecule has 0 amide bonds. The average Bonchev–Trinajstić information content (AvgIpc) is 3.27. The third-order valence-electron chi connectivity index (χ3n) is 4.07. The fraction of sp³-hybridized carbons (Fsp3) is 0.333. The number of ether oxygens (including phenoxy) is 2. The summed E-state index contributed by atoms with van der Waals surface area (Å²) in [6.07, 6.45) is 4.37. The highest BCUT2D eigenvalue weighted by molar-refractivity contribution is 7.11. The molecule has 23 heavy (non-hydrogen) atoms. The third-order valence-corrected chi connectivity index (χ3v) is 4.93. The minimum Gasteiger partial charge on any atom is -0.497 e. The lowest BCUT2D eigenvalue weighted by Gasteiger charge is -2.08. The molecule has 1 fully saturated rings. The van der Waals surface area contributed by atoms with Crippen LogP contribution < -0.4 is 9.47 Å². The van der Waals surface area contributed by atoms with E-state index in [0.717, 1.165) is 46.2 Å². The summed E-state index contributed by atoms with van der Waals surface area (Å²) in [7, 11) is 3.27. The Morgan fingerprint density at radius 1 is 1.22 bits per heavy atom. The highest BCUT2D eigenvalue weighted by atomic mass is 32.1. The van der Waals surface area contributed by atoms with E-state index in [9.17, 15) is 5.26 Å². The van der Waals surface area contributed by atoms with Gasteiger partial charge in [0, 0.05) is 10.9 Å². The second-order valence-electron chi connectivity index (χ2n) is 5.40. The number of benzene rings is 1. The van der Waals surface area contributed by atoms with Crippen LogP contribution in [0.25, 0.3) is 16.8 Å². The standard InChI is InChI=1S/C18H18N2O2S/c1-21-13-7-8-17(22-2)14(9-13)16-11-23-18(20-16)15(10-19)12-5-3-4-6-12/h7-9,11H,3-6H2,1-2H3. The van der Waals surface area contributed by atoms with Crippen LogP contribution >= 0.6 is 11.3 Å². The molecule has 1 saturated carbocycles. The Kier molecular flexibility index (Phi) is 4.63. The van der Waals surface area contributed by atoms with Gasteiger partial charge in [0.2, 0.25) is 0 Å². The summed E-state index contributed by atoms with van der Waals surface area (Å²) in [5, 5.41) is 12.3. The van der Waals surface area contributed by atoms with Gasteiger partial charge in [-0.15, -0.1) is 11.3 Å². The number of hydrogen-bond donors (Lipinski definition) is 0. The van der Waals surface area contributed by atoms with Gasteiger partial charge in [0.25, 0.3) is 0 Å². The van der Waals surface area contributed by atoms with E-state index >= 15 is 0 Å². The first-order chi connectivity index (χ1) is 11.3. The molecule has 0 saturated heterocycles. The van der Waals surface area contributed by atoms with Crippen LogP contribution in [-0.4, -0.2) is 19.2 Å². The van der Waals surface area contributed by atoms with Crippen LogP contribution in [0.3, 0.4) is 0 Å². The van der Waals surface area contributed by atoms with Crippen LogP contribution in [0.2, 0.25) is 0 Å². The molecule has 1 aromatic heterocycles. The highest BCUT2D eigenvalue weighted by Crippen LogP contribution is 2.37. The largest absolute Gasteiger partial charge is 0.497 e. The van der Waals surface area contributed by atoms with Crippen molar-refractivity contribution < 1.29 is 9.47 Å². The molecule has 0 aliphatic heterocycles. The van der Waals surface area contributed by atoms with Crippen molar-refractivity contribution >= 4 is 16.9 Å². The Balaban J connectivity index is 2.02. The molecule has 0 atom stereocenters. The lowest BCUT2D eigenvalue weighted by atomic mass is 10.1. The number of thiazole rings is 1. The second kappa shape index (κ2) is 6.84. The maximum Gasteiger partial charge on any atom is 0.134 e. The van der Waals surface area contributed by atoms with Crippen molar-refractivity contribution in [3.8, 4) is 28.8 Å². The number of nitriles is 1. The summed E-state index contributed by atoms with van der Waals surface area (Å²) >= 11 is 1.51. The Morgan fingerprint density at radius 3 is 2.65 bits per heavy atom. The smallest absolute Gasteiger partial charge is 0.134 e. The maximum atomic E-state index is 9.52. The second-order valence-corrected chi connectivity index (χ2v) is 6.26. The molecule has 4 nitrogen and oxygen atoms in total. The van der Waals surface area contributed by atoms with Crippen LogP contribution in [0.1, 0.15) is 30.7 Å². The van der Waals surface area contributed by atoms with Crippen LogP contribution in [0.5, 0.6) is 11.5 Å². The molecule has 0 spiro atoms. The van der Waals surface area contributed by atoms with Gasteiger partial charge < -0.3 is 9.47 Å². The van der Waals surface area contributed by atoms with Crippen LogP contribution in [-0.2, 0) is 0 Å². The number of nitrogens with zero attached hydrogens (tertiary/aromatic N) is 2. The molecule has 0 N–H and O–H groups in total. The molecule has 1 aliphatic rings. The van der Waals surface area contributed by atoms with Crippen molar-refractivity contribution in [1.82, 2.24) is 4.98 Å². The molecule has 0 unspecified atom stereocenters. The number of methoxy groups -OCH3 is 2. The molecule has 1 heterocycles. The Bertz CT molecular complexity index is 779. The number of rotatable bonds is 4. The van der Waals surface area contributed by atoms with E-state index < -0.39 is 0 Å². The zero-order valence-electron chi connectivity index (χ0n) is 13.3. The first-order valence-electron chi connectivity index (χ1n) is 7.57. The summed E-state index contributed by atoms with van der Waals surface area (Å²) in [4.78, 5) is 4.68. The first kappa shape index (κ1) is 15.6. The van der Waals surface area contributed by atoms with Crippen molar-refractivity contribution in [2.45, 2.75) is 25.7 Å². The zero-order valence-corrected chi connectivity index (χ0v) is 14.1. The third kappa shape index (κ3) is 3.08. The van der Waals surface area contributed by atoms with Crippen LogP contribution in [0.15, 0.2) is 29.2 Å². The van der Waals surface area contributed by atoms with E-state index in [-0.39, 0.29) is 0 Å². The van der Waals surface area contributed by atoms with E-state index in [4.69, 9.17) is 9.47 Å². The normalized spacial score (nSPS) is 13.7. The van der Waals surface area contributed by atoms with Gasteiger partial charge in [0.05, 0.1) is 25.5 Å². The number of aromatic nitrogens is 1. The molecule has 118 valence electrons. The van der Waals surface area contributed by atoms with E-state index in [2.05, 4.69) is 11.1 Å². The van der Waals surface area contributed by atoms with Crippen LogP contribution in [0, 0.1) is 11.3 Å². The highest BCUT2D eigenvalue weighted by Gasteiger charge is 2.18. The molecule has 0 bridgehead atoms. The molecule has 1 aliphatic carbocycles. The van der Waals surface area contributed by atoms with Crippen molar-refractivity contribution in [3.63, 3.8) is 0 Å². The SMILES string of the molecule is COc1ccc(OC)c(-c2csc(C(C#N)=C3CCCC3)n2)c1. The van der Waals surface area contributed by atoms with Gasteiger partial charge in [0.15, 0.2) is 0 Å². The lowest BCUT2D eigenvalue weighted by molar-refractivity contribution is 0.404. The van der Waals surface area contributed by atoms with Crippen molar-refractivity contribution in [2.75, 3.05) is 14.2 Å². The first-order valence-corrected chi connectivity index (χ1v) is 8.45. The van der Waals surface area contributed by atoms with Gasteiger partial charge in [0.1, 0.15) is 22.6 Å². The molecule has 2 aromatic rings. The molecule has 5 heteroatoms. The number of hydrogen-bond acceptors (Lipinski definition) is 5. The Labute approximate surface area is 140 Å². The molecular formula is C18H18N2O2S. The predicted molar refractivity (Wildman–Crippen MR) is 91.7 cm³/mol. The van der Waals surface area contributed by atoms with Gasteiger partial charge in [-0.2, -0.15) is 5.26 Å². The molecule has 0 radical (unpaired) electrons. The van der Waals surface area contributed by atoms with E-state index in [0.29, 0.717) is 0 Å². The number of allylic oxidation sites excluding steroid dienone is 2. The van der Waals surface area contributed by atoms with E-state index in [1.807, 2.05) is 23.6 Å². The molecular weight excluding hydrogens is 308 g/mol.